The minimum absolute atomic E-state index is 0.394. The van der Waals surface area contributed by atoms with E-state index in [0.717, 1.165) is 11.3 Å². The quantitative estimate of drug-likeness (QED) is 0.720. The Labute approximate surface area is 136 Å². The van der Waals surface area contributed by atoms with Crippen molar-refractivity contribution in [3.8, 4) is 23.0 Å². The average Bonchev–Trinajstić information content (AvgIpc) is 2.60. The van der Waals surface area contributed by atoms with Gasteiger partial charge < -0.3 is 24.7 Å². The van der Waals surface area contributed by atoms with Crippen LogP contribution in [0.3, 0.4) is 0 Å². The van der Waals surface area contributed by atoms with E-state index in [-0.39, 0.29) is 0 Å². The molecule has 124 valence electrons. The van der Waals surface area contributed by atoms with Gasteiger partial charge in [-0.3, -0.25) is 0 Å². The molecular formula is C18H23NO4. The largest absolute Gasteiger partial charge is 0.493 e. The van der Waals surface area contributed by atoms with Gasteiger partial charge in [0, 0.05) is 6.54 Å². The van der Waals surface area contributed by atoms with Crippen LogP contribution in [-0.2, 0) is 6.54 Å². The van der Waals surface area contributed by atoms with Crippen molar-refractivity contribution in [2.45, 2.75) is 13.5 Å². The van der Waals surface area contributed by atoms with Gasteiger partial charge in [-0.15, -0.1) is 0 Å². The Morgan fingerprint density at radius 2 is 1.48 bits per heavy atom. The monoisotopic (exact) mass is 317 g/mol. The first-order valence-corrected chi connectivity index (χ1v) is 7.63. The van der Waals surface area contributed by atoms with E-state index in [9.17, 15) is 0 Å². The Balaban J connectivity index is 1.91. The van der Waals surface area contributed by atoms with Crippen LogP contribution in [0.5, 0.6) is 23.0 Å². The fourth-order valence-corrected chi connectivity index (χ4v) is 2.11. The van der Waals surface area contributed by atoms with Crippen LogP contribution in [-0.4, -0.2) is 26.9 Å². The highest BCUT2D eigenvalue weighted by atomic mass is 16.5. The molecule has 0 saturated heterocycles. The molecule has 0 unspecified atom stereocenters. The number of hydrogen-bond donors (Lipinski definition) is 1. The summed E-state index contributed by atoms with van der Waals surface area (Å²) in [6.07, 6.45) is 0. The second-order valence-electron chi connectivity index (χ2n) is 4.77. The molecule has 2 aromatic carbocycles. The number of hydrogen-bond acceptors (Lipinski definition) is 5. The molecule has 5 heteroatoms. The van der Waals surface area contributed by atoms with Crippen LogP contribution in [0.4, 0.5) is 0 Å². The smallest absolute Gasteiger partial charge is 0.161 e. The van der Waals surface area contributed by atoms with Crippen molar-refractivity contribution >= 4 is 0 Å². The van der Waals surface area contributed by atoms with Crippen molar-refractivity contribution in [1.29, 1.82) is 0 Å². The Hall–Kier alpha value is -2.40. The summed E-state index contributed by atoms with van der Waals surface area (Å²) in [4.78, 5) is 0. The van der Waals surface area contributed by atoms with E-state index in [1.165, 1.54) is 0 Å². The lowest BCUT2D eigenvalue weighted by Gasteiger charge is -2.14. The van der Waals surface area contributed by atoms with Gasteiger partial charge >= 0.3 is 0 Å². The number of benzene rings is 2. The third-order valence-electron chi connectivity index (χ3n) is 3.21. The third-order valence-corrected chi connectivity index (χ3v) is 3.21. The van der Waals surface area contributed by atoms with E-state index >= 15 is 0 Å². The van der Waals surface area contributed by atoms with E-state index < -0.39 is 0 Å². The molecule has 0 aromatic heterocycles. The van der Waals surface area contributed by atoms with Gasteiger partial charge in [-0.1, -0.05) is 18.2 Å². The molecule has 2 rings (SSSR count). The van der Waals surface area contributed by atoms with Crippen LogP contribution >= 0.6 is 0 Å². The van der Waals surface area contributed by atoms with Gasteiger partial charge in [0.25, 0.3) is 0 Å². The molecule has 0 heterocycles. The topological polar surface area (TPSA) is 62.9 Å². The summed E-state index contributed by atoms with van der Waals surface area (Å²) in [5.74, 6) is 2.78. The first kappa shape index (κ1) is 17.0. The van der Waals surface area contributed by atoms with E-state index in [0.29, 0.717) is 43.6 Å². The summed E-state index contributed by atoms with van der Waals surface area (Å²) in [6.45, 7) is 3.79. The molecule has 0 atom stereocenters. The molecular weight excluding hydrogens is 294 g/mol. The van der Waals surface area contributed by atoms with Gasteiger partial charge in [0.1, 0.15) is 13.2 Å². The van der Waals surface area contributed by atoms with E-state index in [1.54, 1.807) is 7.11 Å². The summed E-state index contributed by atoms with van der Waals surface area (Å²) < 4.78 is 22.3. The summed E-state index contributed by atoms with van der Waals surface area (Å²) in [7, 11) is 1.61. The van der Waals surface area contributed by atoms with Crippen LogP contribution in [0.2, 0.25) is 0 Å². The van der Waals surface area contributed by atoms with Crippen LogP contribution in [0.25, 0.3) is 0 Å². The summed E-state index contributed by atoms with van der Waals surface area (Å²) >= 11 is 0. The minimum atomic E-state index is 0.394. The summed E-state index contributed by atoms with van der Waals surface area (Å²) in [5.41, 5.74) is 6.64. The third kappa shape index (κ3) is 4.79. The molecule has 2 aromatic rings. The molecule has 5 nitrogen and oxygen atoms in total. The van der Waals surface area contributed by atoms with E-state index in [4.69, 9.17) is 24.7 Å². The molecule has 0 aliphatic carbocycles. The van der Waals surface area contributed by atoms with Crippen molar-refractivity contribution < 1.29 is 18.9 Å². The van der Waals surface area contributed by atoms with Gasteiger partial charge in [0.15, 0.2) is 23.0 Å². The first-order valence-electron chi connectivity index (χ1n) is 7.63. The molecule has 2 N–H and O–H groups in total. The Morgan fingerprint density at radius 3 is 2.09 bits per heavy atom. The van der Waals surface area contributed by atoms with Gasteiger partial charge in [0.05, 0.1) is 13.7 Å². The van der Waals surface area contributed by atoms with Crippen LogP contribution in [0, 0.1) is 0 Å². The maximum Gasteiger partial charge on any atom is 0.161 e. The zero-order valence-electron chi connectivity index (χ0n) is 13.6. The normalized spacial score (nSPS) is 10.2. The highest BCUT2D eigenvalue weighted by Crippen LogP contribution is 2.29. The van der Waals surface area contributed by atoms with E-state index in [2.05, 4.69) is 0 Å². The van der Waals surface area contributed by atoms with Crippen LogP contribution in [0.1, 0.15) is 12.5 Å². The standard InChI is InChI=1S/C18H23NO4/c1-3-21-16-6-4-5-7-17(16)22-10-11-23-18-12-14(13-19)8-9-15(18)20-2/h4-9,12H,3,10-11,13,19H2,1-2H3. The highest BCUT2D eigenvalue weighted by molar-refractivity contribution is 5.43. The van der Waals surface area contributed by atoms with E-state index in [1.807, 2.05) is 49.4 Å². The molecule has 0 radical (unpaired) electrons. The average molecular weight is 317 g/mol. The van der Waals surface area contributed by atoms with Gasteiger partial charge in [-0.05, 0) is 36.8 Å². The number of ether oxygens (including phenoxy) is 4. The lowest BCUT2D eigenvalue weighted by Crippen LogP contribution is -2.10. The molecule has 0 aliphatic heterocycles. The lowest BCUT2D eigenvalue weighted by molar-refractivity contribution is 0.203. The molecule has 0 aliphatic rings. The van der Waals surface area contributed by atoms with Crippen LogP contribution < -0.4 is 24.7 Å². The van der Waals surface area contributed by atoms with Crippen molar-refractivity contribution in [2.75, 3.05) is 26.9 Å². The summed E-state index contributed by atoms with van der Waals surface area (Å²) in [5, 5.41) is 0. The van der Waals surface area contributed by atoms with Gasteiger partial charge in [-0.25, -0.2) is 0 Å². The van der Waals surface area contributed by atoms with Crippen LogP contribution in [0.15, 0.2) is 42.5 Å². The number of rotatable bonds is 9. The Bertz CT molecular complexity index is 616. The van der Waals surface area contributed by atoms with Gasteiger partial charge in [0.2, 0.25) is 0 Å². The Morgan fingerprint density at radius 1 is 0.826 bits per heavy atom. The molecule has 0 saturated carbocycles. The zero-order valence-corrected chi connectivity index (χ0v) is 13.6. The zero-order chi connectivity index (χ0) is 16.5. The maximum atomic E-state index is 5.75. The second-order valence-corrected chi connectivity index (χ2v) is 4.77. The molecule has 0 fully saturated rings. The number of methoxy groups -OCH3 is 1. The molecule has 0 amide bonds. The predicted octanol–water partition coefficient (Wildman–Crippen LogP) is 3.01. The number of para-hydroxylation sites is 2. The van der Waals surface area contributed by atoms with Crippen molar-refractivity contribution in [1.82, 2.24) is 0 Å². The van der Waals surface area contributed by atoms with Crippen molar-refractivity contribution in [2.24, 2.45) is 5.73 Å². The van der Waals surface area contributed by atoms with Crippen molar-refractivity contribution in [3.05, 3.63) is 48.0 Å². The first-order chi connectivity index (χ1) is 11.3. The fraction of sp³-hybridized carbons (Fsp3) is 0.333. The fourth-order valence-electron chi connectivity index (χ4n) is 2.11. The second kappa shape index (κ2) is 8.90. The lowest BCUT2D eigenvalue weighted by atomic mass is 10.2. The molecule has 0 bridgehead atoms. The summed E-state index contributed by atoms with van der Waals surface area (Å²) in [6, 6.07) is 13.2. The maximum absolute atomic E-state index is 5.75. The van der Waals surface area contributed by atoms with Crippen molar-refractivity contribution in [3.63, 3.8) is 0 Å². The van der Waals surface area contributed by atoms with Gasteiger partial charge in [-0.2, -0.15) is 0 Å². The predicted molar refractivity (Wildman–Crippen MR) is 89.5 cm³/mol. The number of nitrogens with two attached hydrogens (primary N) is 1. The molecule has 0 spiro atoms. The SMILES string of the molecule is CCOc1ccccc1OCCOc1cc(CN)ccc1OC. The highest BCUT2D eigenvalue weighted by Gasteiger charge is 2.07. The Kier molecular flexibility index (Phi) is 6.56. The minimum Gasteiger partial charge on any atom is -0.493 e. The molecule has 23 heavy (non-hydrogen) atoms.